The van der Waals surface area contributed by atoms with Crippen molar-refractivity contribution in [2.75, 3.05) is 0 Å². The molecule has 0 saturated heterocycles. The van der Waals surface area contributed by atoms with Crippen LogP contribution in [0.1, 0.15) is 47.4 Å². The minimum Gasteiger partial charge on any atom is -0.364 e. The Hall–Kier alpha value is -3.22. The largest absolute Gasteiger partial charge is 0.364 e. The Morgan fingerprint density at radius 1 is 1.00 bits per heavy atom. The van der Waals surface area contributed by atoms with Gasteiger partial charge >= 0.3 is 0 Å². The van der Waals surface area contributed by atoms with Gasteiger partial charge in [0.2, 0.25) is 0 Å². The molecule has 1 fully saturated rings. The van der Waals surface area contributed by atoms with E-state index in [-0.39, 0.29) is 0 Å². The van der Waals surface area contributed by atoms with Crippen molar-refractivity contribution in [1.82, 2.24) is 14.9 Å². The maximum Gasteiger partial charge on any atom is 0.265 e. The summed E-state index contributed by atoms with van der Waals surface area (Å²) < 4.78 is 1.95. The molecule has 164 valence electrons. The van der Waals surface area contributed by atoms with E-state index in [9.17, 15) is 4.79 Å². The van der Waals surface area contributed by atoms with Crippen molar-refractivity contribution in [2.45, 2.75) is 50.9 Å². The van der Waals surface area contributed by atoms with Crippen LogP contribution >= 0.6 is 0 Å². The number of nitrogens with two attached hydrogens (primary N) is 2. The van der Waals surface area contributed by atoms with Gasteiger partial charge in [-0.1, -0.05) is 42.5 Å². The summed E-state index contributed by atoms with van der Waals surface area (Å²) in [5.41, 5.74) is 15.1. The van der Waals surface area contributed by atoms with Gasteiger partial charge in [0.15, 0.2) is 0 Å². The highest BCUT2D eigenvalue weighted by molar-refractivity contribution is 5.97. The van der Waals surface area contributed by atoms with Crippen LogP contribution in [0.2, 0.25) is 0 Å². The number of carbonyl (C=O) groups excluding carboxylic acids is 1. The van der Waals surface area contributed by atoms with Gasteiger partial charge in [0.25, 0.3) is 5.91 Å². The maximum atomic E-state index is 12.2. The molecule has 1 saturated carbocycles. The monoisotopic (exact) mass is 427 g/mol. The molecule has 6 heteroatoms. The second-order valence-corrected chi connectivity index (χ2v) is 8.83. The van der Waals surface area contributed by atoms with Crippen LogP contribution < -0.4 is 16.8 Å². The van der Waals surface area contributed by atoms with Crippen LogP contribution in [0.4, 0.5) is 0 Å². The summed E-state index contributed by atoms with van der Waals surface area (Å²) in [5.74, 6) is -0.443. The lowest BCUT2D eigenvalue weighted by atomic mass is 9.92. The van der Waals surface area contributed by atoms with Crippen molar-refractivity contribution in [1.29, 1.82) is 0 Å². The van der Waals surface area contributed by atoms with Crippen molar-refractivity contribution in [2.24, 2.45) is 11.5 Å². The average Bonchev–Trinajstić information content (AvgIpc) is 3.17. The molecular formula is C26H29N5O. The fraction of sp³-hybridized carbons (Fsp3) is 0.308. The van der Waals surface area contributed by atoms with Gasteiger partial charge < -0.3 is 21.4 Å². The number of nitrogens with zero attached hydrogens (tertiary/aromatic N) is 2. The van der Waals surface area contributed by atoms with Crippen LogP contribution in [0.15, 0.2) is 60.7 Å². The van der Waals surface area contributed by atoms with E-state index in [0.717, 1.165) is 48.0 Å². The molecule has 0 aliphatic heterocycles. The third-order valence-corrected chi connectivity index (χ3v) is 6.61. The summed E-state index contributed by atoms with van der Waals surface area (Å²) in [7, 11) is 0. The first-order chi connectivity index (χ1) is 15.6. The van der Waals surface area contributed by atoms with E-state index in [4.69, 9.17) is 16.5 Å². The molecule has 1 aliphatic rings. The molecule has 0 spiro atoms. The summed E-state index contributed by atoms with van der Waals surface area (Å²) in [6.45, 7) is 1.23. The fourth-order valence-electron chi connectivity index (χ4n) is 4.80. The second kappa shape index (κ2) is 8.73. The number of primary amides is 1. The molecule has 0 radical (unpaired) electrons. The zero-order chi connectivity index (χ0) is 22.1. The molecule has 1 amide bonds. The highest BCUT2D eigenvalue weighted by Gasteiger charge is 2.19. The Labute approximate surface area is 187 Å². The van der Waals surface area contributed by atoms with Gasteiger partial charge in [-0.25, -0.2) is 4.98 Å². The van der Waals surface area contributed by atoms with Crippen LogP contribution in [-0.4, -0.2) is 27.5 Å². The van der Waals surface area contributed by atoms with Crippen molar-refractivity contribution in [3.05, 3.63) is 77.6 Å². The Bertz CT molecular complexity index is 1260. The van der Waals surface area contributed by atoms with Gasteiger partial charge in [-0.3, -0.25) is 4.79 Å². The lowest BCUT2D eigenvalue weighted by molar-refractivity contribution is 0.0992. The molecule has 0 unspecified atom stereocenters. The van der Waals surface area contributed by atoms with Crippen molar-refractivity contribution in [3.8, 4) is 0 Å². The molecule has 2 aromatic carbocycles. The highest BCUT2D eigenvalue weighted by Crippen LogP contribution is 2.25. The number of benzene rings is 2. The first-order valence-electron chi connectivity index (χ1n) is 11.3. The van der Waals surface area contributed by atoms with Gasteiger partial charge in [0, 0.05) is 24.0 Å². The number of pyridine rings is 1. The average molecular weight is 428 g/mol. The van der Waals surface area contributed by atoms with Crippen LogP contribution in [-0.2, 0) is 13.1 Å². The van der Waals surface area contributed by atoms with Crippen LogP contribution in [0, 0.1) is 0 Å². The van der Waals surface area contributed by atoms with E-state index < -0.39 is 5.91 Å². The molecule has 2 heterocycles. The first-order valence-corrected chi connectivity index (χ1v) is 11.3. The van der Waals surface area contributed by atoms with E-state index in [1.54, 1.807) is 0 Å². The summed E-state index contributed by atoms with van der Waals surface area (Å²) in [6, 6.07) is 21.2. The molecule has 0 atom stereocenters. The Kier molecular flexibility index (Phi) is 5.64. The third-order valence-electron chi connectivity index (χ3n) is 6.61. The van der Waals surface area contributed by atoms with Crippen LogP contribution in [0.5, 0.6) is 0 Å². The number of fused-ring (bicyclic) bond motifs is 2. The summed E-state index contributed by atoms with van der Waals surface area (Å²) in [4.78, 5) is 17.2. The fourth-order valence-corrected chi connectivity index (χ4v) is 4.80. The van der Waals surface area contributed by atoms with Crippen molar-refractivity contribution >= 4 is 27.7 Å². The molecule has 32 heavy (non-hydrogen) atoms. The summed E-state index contributed by atoms with van der Waals surface area (Å²) >= 11 is 0. The number of hydrogen-bond donors (Lipinski definition) is 3. The molecule has 1 aliphatic carbocycles. The van der Waals surface area contributed by atoms with Gasteiger partial charge in [0.05, 0.1) is 12.2 Å². The summed E-state index contributed by atoms with van der Waals surface area (Å²) in [6.07, 6.45) is 4.35. The lowest BCUT2D eigenvalue weighted by Gasteiger charge is -2.26. The van der Waals surface area contributed by atoms with Crippen molar-refractivity contribution < 1.29 is 4.79 Å². The molecule has 5 N–H and O–H groups in total. The minimum absolute atomic E-state index is 0.340. The SMILES string of the molecule is NC(=O)c1cc2ccc(CNC3CCC(N)CC3)nc2n1Cc1cccc2ccccc12. The zero-order valence-electron chi connectivity index (χ0n) is 18.1. The molecule has 4 aromatic rings. The topological polar surface area (TPSA) is 99.0 Å². The predicted molar refractivity (Wildman–Crippen MR) is 128 cm³/mol. The Morgan fingerprint density at radius 2 is 1.78 bits per heavy atom. The molecule has 5 rings (SSSR count). The smallest absolute Gasteiger partial charge is 0.265 e. The van der Waals surface area contributed by atoms with Gasteiger partial charge in [0.1, 0.15) is 11.3 Å². The predicted octanol–water partition coefficient (Wildman–Crippen LogP) is 3.70. The number of aromatic nitrogens is 2. The van der Waals surface area contributed by atoms with Crippen LogP contribution in [0.3, 0.4) is 0 Å². The highest BCUT2D eigenvalue weighted by atomic mass is 16.1. The van der Waals surface area contributed by atoms with Gasteiger partial charge in [-0.05, 0) is 60.2 Å². The van der Waals surface area contributed by atoms with Crippen LogP contribution in [0.25, 0.3) is 21.8 Å². The summed E-state index contributed by atoms with van der Waals surface area (Å²) in [5, 5.41) is 6.89. The molecule has 0 bridgehead atoms. The minimum atomic E-state index is -0.443. The standard InChI is InChI=1S/C26H29N5O/c27-20-9-12-21(13-10-20)29-15-22-11-8-18-14-24(25(28)32)31(26(18)30-22)16-19-6-3-5-17-4-1-2-7-23(17)19/h1-8,11,14,20-21,29H,9-10,12-13,15-16,27H2,(H2,28,32). The number of carbonyl (C=O) groups is 1. The number of rotatable bonds is 6. The maximum absolute atomic E-state index is 12.2. The second-order valence-electron chi connectivity index (χ2n) is 8.83. The van der Waals surface area contributed by atoms with E-state index in [1.807, 2.05) is 41.0 Å². The van der Waals surface area contributed by atoms with Crippen molar-refractivity contribution in [3.63, 3.8) is 0 Å². The van der Waals surface area contributed by atoms with E-state index >= 15 is 0 Å². The normalized spacial score (nSPS) is 18.9. The van der Waals surface area contributed by atoms with E-state index in [2.05, 4.69) is 29.6 Å². The Balaban J connectivity index is 1.47. The first kappa shape index (κ1) is 20.7. The molecule has 2 aromatic heterocycles. The molecular weight excluding hydrogens is 398 g/mol. The zero-order valence-corrected chi connectivity index (χ0v) is 18.1. The van der Waals surface area contributed by atoms with E-state index in [1.165, 1.54) is 10.8 Å². The lowest BCUT2D eigenvalue weighted by Crippen LogP contribution is -2.37. The number of hydrogen-bond acceptors (Lipinski definition) is 4. The quantitative estimate of drug-likeness (QED) is 0.437. The van der Waals surface area contributed by atoms with Gasteiger partial charge in [-0.15, -0.1) is 0 Å². The Morgan fingerprint density at radius 3 is 2.59 bits per heavy atom. The third kappa shape index (κ3) is 4.11. The number of nitrogens with one attached hydrogen (secondary N) is 1. The number of amides is 1. The molecule has 6 nitrogen and oxygen atoms in total. The van der Waals surface area contributed by atoms with Gasteiger partial charge in [-0.2, -0.15) is 0 Å². The van der Waals surface area contributed by atoms with E-state index in [0.29, 0.717) is 30.9 Å².